The lowest BCUT2D eigenvalue weighted by Gasteiger charge is -2.15. The molecule has 1 aliphatic rings. The van der Waals surface area contributed by atoms with Crippen LogP contribution in [0.25, 0.3) is 5.00 Å². The molecule has 3 rings (SSSR count). The lowest BCUT2D eigenvalue weighted by atomic mass is 10.1. The zero-order valence-corrected chi connectivity index (χ0v) is 14.0. The Morgan fingerprint density at radius 3 is 3.00 bits per heavy atom. The quantitative estimate of drug-likeness (QED) is 0.934. The van der Waals surface area contributed by atoms with Gasteiger partial charge in [-0.1, -0.05) is 0 Å². The van der Waals surface area contributed by atoms with Crippen molar-refractivity contribution in [3.63, 3.8) is 0 Å². The second kappa shape index (κ2) is 6.59. The molecule has 1 atom stereocenters. The summed E-state index contributed by atoms with van der Waals surface area (Å²) in [5.74, 6) is 1.98. The number of fused-ring (bicyclic) bond motifs is 1. The number of thiophene rings is 1. The molecule has 0 fully saturated rings. The van der Waals surface area contributed by atoms with Crippen molar-refractivity contribution in [2.24, 2.45) is 0 Å². The van der Waals surface area contributed by atoms with Crippen molar-refractivity contribution < 1.29 is 4.79 Å². The normalized spacial score (nSPS) is 14.9. The molecule has 2 aromatic heterocycles. The van der Waals surface area contributed by atoms with Crippen LogP contribution in [0.2, 0.25) is 0 Å². The van der Waals surface area contributed by atoms with Crippen LogP contribution in [-0.4, -0.2) is 22.3 Å². The Labute approximate surface area is 138 Å². The summed E-state index contributed by atoms with van der Waals surface area (Å²) in [5, 5.41) is 12.7. The minimum absolute atomic E-state index is 0.0594. The number of carbonyl (C=O) groups excluding carboxylic acids is 1. The van der Waals surface area contributed by atoms with E-state index in [1.807, 2.05) is 47.8 Å². The molecule has 0 saturated carbocycles. The van der Waals surface area contributed by atoms with Crippen molar-refractivity contribution in [2.75, 3.05) is 5.75 Å². The smallest absolute Gasteiger partial charge is 0.254 e. The number of nitrogens with one attached hydrogen (secondary N) is 1. The van der Waals surface area contributed by atoms with E-state index in [-0.39, 0.29) is 11.9 Å². The van der Waals surface area contributed by atoms with Crippen LogP contribution in [0.5, 0.6) is 0 Å². The van der Waals surface area contributed by atoms with Gasteiger partial charge in [0.05, 0.1) is 18.1 Å². The minimum atomic E-state index is -0.136. The van der Waals surface area contributed by atoms with E-state index in [1.165, 1.54) is 10.4 Å². The van der Waals surface area contributed by atoms with E-state index < -0.39 is 0 Å². The van der Waals surface area contributed by atoms with Crippen LogP contribution in [0.15, 0.2) is 24.5 Å². The molecule has 1 aliphatic heterocycles. The maximum absolute atomic E-state index is 12.7. The van der Waals surface area contributed by atoms with E-state index >= 15 is 0 Å². The molecule has 0 unspecified atom stereocenters. The van der Waals surface area contributed by atoms with Crippen LogP contribution in [0.1, 0.15) is 34.1 Å². The summed E-state index contributed by atoms with van der Waals surface area (Å²) in [6.07, 6.45) is 5.21. The molecule has 1 amide bonds. The van der Waals surface area contributed by atoms with Crippen molar-refractivity contribution in [3.05, 3.63) is 40.5 Å². The molecule has 2 aromatic rings. The van der Waals surface area contributed by atoms with Crippen molar-refractivity contribution in [3.8, 4) is 11.1 Å². The van der Waals surface area contributed by atoms with Gasteiger partial charge in [-0.25, -0.2) is 0 Å². The number of rotatable bonds is 4. The van der Waals surface area contributed by atoms with E-state index in [9.17, 15) is 4.79 Å². The van der Waals surface area contributed by atoms with E-state index in [1.54, 1.807) is 11.3 Å². The molecule has 4 nitrogen and oxygen atoms in total. The van der Waals surface area contributed by atoms with Crippen molar-refractivity contribution in [2.45, 2.75) is 31.6 Å². The molecule has 114 valence electrons. The fourth-order valence-corrected chi connectivity index (χ4v) is 5.03. The highest BCUT2D eigenvalue weighted by atomic mass is 32.2. The Morgan fingerprint density at radius 1 is 1.50 bits per heavy atom. The maximum Gasteiger partial charge on any atom is 0.254 e. The monoisotopic (exact) mass is 331 g/mol. The lowest BCUT2D eigenvalue weighted by molar-refractivity contribution is 0.0940. The summed E-state index contributed by atoms with van der Waals surface area (Å²) in [6, 6.07) is 5.90. The second-order valence-corrected chi connectivity index (χ2v) is 7.50. The first-order valence-electron chi connectivity index (χ1n) is 7.24. The van der Waals surface area contributed by atoms with Crippen LogP contribution in [0, 0.1) is 11.3 Å². The summed E-state index contributed by atoms with van der Waals surface area (Å²) in [7, 11) is 0. The zero-order valence-electron chi connectivity index (χ0n) is 12.3. The Morgan fingerprint density at radius 2 is 2.27 bits per heavy atom. The third-order valence-electron chi connectivity index (χ3n) is 3.64. The fourth-order valence-electron chi connectivity index (χ4n) is 2.59. The van der Waals surface area contributed by atoms with Crippen LogP contribution < -0.4 is 5.32 Å². The molecule has 0 spiro atoms. The predicted molar refractivity (Wildman–Crippen MR) is 90.7 cm³/mol. The lowest BCUT2D eigenvalue weighted by Crippen LogP contribution is -2.33. The number of thioether (sulfide) groups is 1. The van der Waals surface area contributed by atoms with Gasteiger partial charge in [-0.2, -0.15) is 17.0 Å². The average molecular weight is 331 g/mol. The molecule has 0 bridgehead atoms. The number of hydrogen-bond acceptors (Lipinski definition) is 4. The molecule has 3 heterocycles. The molecule has 6 heteroatoms. The molecular weight excluding hydrogens is 314 g/mol. The highest BCUT2D eigenvalue weighted by Gasteiger charge is 2.26. The molecule has 1 N–H and O–H groups in total. The molecule has 0 radical (unpaired) electrons. The van der Waals surface area contributed by atoms with Crippen LogP contribution in [0.4, 0.5) is 0 Å². The van der Waals surface area contributed by atoms with Crippen LogP contribution in [-0.2, 0) is 12.2 Å². The van der Waals surface area contributed by atoms with Gasteiger partial charge in [0.25, 0.3) is 5.91 Å². The highest BCUT2D eigenvalue weighted by molar-refractivity contribution is 7.98. The molecule has 22 heavy (non-hydrogen) atoms. The molecular formula is C16H17N3OS2. The summed E-state index contributed by atoms with van der Waals surface area (Å²) in [5.41, 5.74) is 1.98. The molecule has 0 saturated heterocycles. The minimum Gasteiger partial charge on any atom is -0.348 e. The standard InChI is InChI=1S/C16H17N3OS2/c1-11(4-6-17)18-15(20)14-12-5-9-21-10-13(12)22-16(14)19-7-2-3-8-19/h2-3,7-8,11H,4-5,9-10H2,1H3,(H,18,20)/t11-/m1/s1. The van der Waals surface area contributed by atoms with E-state index in [2.05, 4.69) is 11.4 Å². The van der Waals surface area contributed by atoms with Crippen molar-refractivity contribution in [1.82, 2.24) is 9.88 Å². The highest BCUT2D eigenvalue weighted by Crippen LogP contribution is 2.38. The third-order valence-corrected chi connectivity index (χ3v) is 6.06. The summed E-state index contributed by atoms with van der Waals surface area (Å²) in [6.45, 7) is 1.87. The molecule has 0 aliphatic carbocycles. The first kappa shape index (κ1) is 15.2. The van der Waals surface area contributed by atoms with Crippen LogP contribution in [0.3, 0.4) is 0 Å². The topological polar surface area (TPSA) is 57.8 Å². The summed E-state index contributed by atoms with van der Waals surface area (Å²) in [4.78, 5) is 14.0. The Balaban J connectivity index is 1.99. The zero-order chi connectivity index (χ0) is 15.5. The number of nitrogens with zero attached hydrogens (tertiary/aromatic N) is 2. The number of aromatic nitrogens is 1. The number of nitriles is 1. The predicted octanol–water partition coefficient (Wildman–Crippen LogP) is 3.36. The van der Waals surface area contributed by atoms with Gasteiger partial charge in [0.1, 0.15) is 5.00 Å². The van der Waals surface area contributed by atoms with Crippen molar-refractivity contribution >= 4 is 29.0 Å². The first-order valence-corrected chi connectivity index (χ1v) is 9.21. The van der Waals surface area contributed by atoms with Gasteiger partial charge < -0.3 is 9.88 Å². The van der Waals surface area contributed by atoms with Gasteiger partial charge in [0, 0.05) is 29.1 Å². The van der Waals surface area contributed by atoms with Gasteiger partial charge in [0.15, 0.2) is 0 Å². The first-order chi connectivity index (χ1) is 10.7. The van der Waals surface area contributed by atoms with Gasteiger partial charge in [-0.3, -0.25) is 4.79 Å². The average Bonchev–Trinajstić information content (AvgIpc) is 3.14. The number of amides is 1. The van der Waals surface area contributed by atoms with Crippen LogP contribution >= 0.6 is 23.1 Å². The van der Waals surface area contributed by atoms with Crippen molar-refractivity contribution in [1.29, 1.82) is 5.26 Å². The van der Waals surface area contributed by atoms with Gasteiger partial charge >= 0.3 is 0 Å². The Bertz CT molecular complexity index is 713. The largest absolute Gasteiger partial charge is 0.348 e. The Hall–Kier alpha value is -1.71. The van der Waals surface area contributed by atoms with Gasteiger partial charge in [0.2, 0.25) is 0 Å². The summed E-state index contributed by atoms with van der Waals surface area (Å²) >= 11 is 3.62. The SMILES string of the molecule is C[C@H](CC#N)NC(=O)c1c(-n2cccc2)sc2c1CCSC2. The van der Waals surface area contributed by atoms with E-state index in [0.29, 0.717) is 6.42 Å². The maximum atomic E-state index is 12.7. The summed E-state index contributed by atoms with van der Waals surface area (Å²) < 4.78 is 2.01. The fraction of sp³-hybridized carbons (Fsp3) is 0.375. The number of carbonyl (C=O) groups is 1. The van der Waals surface area contributed by atoms with Gasteiger partial charge in [-0.05, 0) is 36.8 Å². The molecule has 0 aromatic carbocycles. The van der Waals surface area contributed by atoms with E-state index in [4.69, 9.17) is 5.26 Å². The number of hydrogen-bond donors (Lipinski definition) is 1. The van der Waals surface area contributed by atoms with Gasteiger partial charge in [-0.15, -0.1) is 11.3 Å². The second-order valence-electron chi connectivity index (χ2n) is 5.31. The third kappa shape index (κ3) is 2.92. The Kier molecular flexibility index (Phi) is 4.55. The van der Waals surface area contributed by atoms with E-state index in [0.717, 1.165) is 28.5 Å².